The Labute approximate surface area is 79.3 Å². The zero-order valence-electron chi connectivity index (χ0n) is 8.40. The van der Waals surface area contributed by atoms with E-state index in [0.29, 0.717) is 0 Å². The summed E-state index contributed by atoms with van der Waals surface area (Å²) >= 11 is 0. The molecular formula is C8H15NO3Si. The fourth-order valence-corrected chi connectivity index (χ4v) is 0.790. The number of hydrogen-bond donors (Lipinski definition) is 0. The first-order valence-corrected chi connectivity index (χ1v) is 7.32. The van der Waals surface area contributed by atoms with Gasteiger partial charge in [-0.1, -0.05) is 0 Å². The predicted octanol–water partition coefficient (Wildman–Crippen LogP) is 1.55. The van der Waals surface area contributed by atoms with E-state index in [1.54, 1.807) is 0 Å². The number of oxime groups is 1. The van der Waals surface area contributed by atoms with Crippen LogP contribution in [0.25, 0.3) is 0 Å². The van der Waals surface area contributed by atoms with Crippen molar-refractivity contribution in [1.82, 2.24) is 0 Å². The molecule has 0 unspecified atom stereocenters. The van der Waals surface area contributed by atoms with E-state index in [9.17, 15) is 4.79 Å². The van der Waals surface area contributed by atoms with Gasteiger partial charge in [0.15, 0.2) is 0 Å². The van der Waals surface area contributed by atoms with Gasteiger partial charge in [-0.15, -0.1) is 5.16 Å². The lowest BCUT2D eigenvalue weighted by Crippen LogP contribution is -2.22. The highest BCUT2D eigenvalue weighted by atomic mass is 28.4. The molecule has 0 aromatic rings. The average molecular weight is 201 g/mol. The van der Waals surface area contributed by atoms with Crippen LogP contribution >= 0.6 is 0 Å². The van der Waals surface area contributed by atoms with Gasteiger partial charge in [-0.05, 0) is 25.7 Å². The van der Waals surface area contributed by atoms with Gasteiger partial charge in [0, 0.05) is 6.08 Å². The van der Waals surface area contributed by atoms with E-state index in [1.165, 1.54) is 25.5 Å². The number of esters is 1. The second-order valence-electron chi connectivity index (χ2n) is 3.34. The van der Waals surface area contributed by atoms with Gasteiger partial charge >= 0.3 is 5.97 Å². The van der Waals surface area contributed by atoms with Gasteiger partial charge in [0.2, 0.25) is 0 Å². The van der Waals surface area contributed by atoms with Crippen molar-refractivity contribution in [3.05, 3.63) is 12.2 Å². The largest absolute Gasteiger partial charge is 0.466 e. The minimum Gasteiger partial charge on any atom is -0.466 e. The van der Waals surface area contributed by atoms with Crippen molar-refractivity contribution in [1.29, 1.82) is 0 Å². The summed E-state index contributed by atoms with van der Waals surface area (Å²) < 4.78 is 9.53. The maximum Gasteiger partial charge on any atom is 0.330 e. The fraction of sp³-hybridized carbons (Fsp3) is 0.500. The Morgan fingerprint density at radius 1 is 1.38 bits per heavy atom. The van der Waals surface area contributed by atoms with Gasteiger partial charge in [-0.2, -0.15) is 0 Å². The van der Waals surface area contributed by atoms with E-state index in [0.717, 1.165) is 0 Å². The van der Waals surface area contributed by atoms with Crippen LogP contribution in [0, 0.1) is 0 Å². The van der Waals surface area contributed by atoms with Crippen molar-refractivity contribution in [2.45, 2.75) is 19.6 Å². The van der Waals surface area contributed by atoms with E-state index >= 15 is 0 Å². The van der Waals surface area contributed by atoms with Crippen molar-refractivity contribution in [2.24, 2.45) is 5.16 Å². The Morgan fingerprint density at radius 2 is 2.00 bits per heavy atom. The molecule has 5 heteroatoms. The van der Waals surface area contributed by atoms with E-state index in [-0.39, 0.29) is 0 Å². The van der Waals surface area contributed by atoms with Crippen LogP contribution in [0.3, 0.4) is 0 Å². The zero-order chi connectivity index (χ0) is 10.3. The Morgan fingerprint density at radius 3 is 2.46 bits per heavy atom. The molecule has 0 fully saturated rings. The Kier molecular flexibility index (Phi) is 5.06. The molecule has 13 heavy (non-hydrogen) atoms. The Bertz CT molecular complexity index is 218. The summed E-state index contributed by atoms with van der Waals surface area (Å²) in [6.45, 7) is 6.07. The molecule has 74 valence electrons. The molecule has 0 saturated carbocycles. The molecular weight excluding hydrogens is 186 g/mol. The van der Waals surface area contributed by atoms with Crippen LogP contribution in [-0.2, 0) is 14.1 Å². The molecule has 0 aliphatic heterocycles. The number of ether oxygens (including phenoxy) is 1. The van der Waals surface area contributed by atoms with Gasteiger partial charge in [0.25, 0.3) is 8.32 Å². The van der Waals surface area contributed by atoms with E-state index in [4.69, 9.17) is 4.53 Å². The predicted molar refractivity (Wildman–Crippen MR) is 54.1 cm³/mol. The average Bonchev–Trinajstić information content (AvgIpc) is 2.01. The minimum absolute atomic E-state index is 0.403. The number of carbonyl (C=O) groups excluding carboxylic acids is 1. The molecule has 0 atom stereocenters. The van der Waals surface area contributed by atoms with Gasteiger partial charge < -0.3 is 9.26 Å². The van der Waals surface area contributed by atoms with Crippen LogP contribution < -0.4 is 0 Å². The minimum atomic E-state index is -1.59. The first-order chi connectivity index (χ1) is 5.95. The molecule has 0 spiro atoms. The highest BCUT2D eigenvalue weighted by Gasteiger charge is 2.14. The molecule has 0 rings (SSSR count). The van der Waals surface area contributed by atoms with Crippen molar-refractivity contribution in [2.75, 3.05) is 7.11 Å². The van der Waals surface area contributed by atoms with Crippen LogP contribution in [-0.4, -0.2) is 27.6 Å². The van der Waals surface area contributed by atoms with Crippen LogP contribution in [0.1, 0.15) is 0 Å². The highest BCUT2D eigenvalue weighted by Crippen LogP contribution is 2.01. The Balaban J connectivity index is 3.76. The lowest BCUT2D eigenvalue weighted by atomic mass is 10.5. The highest BCUT2D eigenvalue weighted by molar-refractivity contribution is 6.69. The molecule has 0 aromatic heterocycles. The summed E-state index contributed by atoms with van der Waals surface area (Å²) in [6.07, 6.45) is 4.18. The third-order valence-electron chi connectivity index (χ3n) is 0.907. The maximum absolute atomic E-state index is 10.6. The molecule has 0 aliphatic rings. The summed E-state index contributed by atoms with van der Waals surface area (Å²) in [7, 11) is -0.269. The molecule has 4 nitrogen and oxygen atoms in total. The number of allylic oxidation sites excluding steroid dienone is 1. The molecule has 0 aliphatic carbocycles. The number of rotatable bonds is 4. The van der Waals surface area contributed by atoms with Gasteiger partial charge in [-0.25, -0.2) is 4.79 Å². The SMILES string of the molecule is COC(=O)/C=C/C=N\O[Si](C)(C)C. The Hall–Kier alpha value is -1.10. The molecule has 0 radical (unpaired) electrons. The van der Waals surface area contributed by atoms with Crippen LogP contribution in [0.5, 0.6) is 0 Å². The third kappa shape index (κ3) is 8.81. The number of nitrogens with zero attached hydrogens (tertiary/aromatic N) is 1. The normalized spacial score (nSPS) is 12.3. The number of methoxy groups -OCH3 is 1. The maximum atomic E-state index is 10.6. The smallest absolute Gasteiger partial charge is 0.330 e. The van der Waals surface area contributed by atoms with Crippen LogP contribution in [0.4, 0.5) is 0 Å². The quantitative estimate of drug-likeness (QED) is 0.228. The fourth-order valence-electron chi connectivity index (χ4n) is 0.413. The molecule has 0 heterocycles. The lowest BCUT2D eigenvalue weighted by Gasteiger charge is -2.11. The number of hydrogen-bond acceptors (Lipinski definition) is 4. The standard InChI is InChI=1S/C8H15NO3Si/c1-11-8(10)6-5-7-9-12-13(2,3)4/h5-7H,1-4H3/b6-5+,9-7-. The van der Waals surface area contributed by atoms with E-state index in [1.807, 2.05) is 19.6 Å². The molecule has 0 saturated heterocycles. The van der Waals surface area contributed by atoms with Gasteiger partial charge in [0.1, 0.15) is 0 Å². The summed E-state index contributed by atoms with van der Waals surface area (Å²) in [5.41, 5.74) is 0. The summed E-state index contributed by atoms with van der Waals surface area (Å²) in [6, 6.07) is 0. The molecule has 0 N–H and O–H groups in total. The second-order valence-corrected chi connectivity index (χ2v) is 7.75. The van der Waals surface area contributed by atoms with Crippen LogP contribution in [0.2, 0.25) is 19.6 Å². The summed E-state index contributed by atoms with van der Waals surface area (Å²) in [5.74, 6) is -0.403. The summed E-state index contributed by atoms with van der Waals surface area (Å²) in [4.78, 5) is 10.6. The van der Waals surface area contributed by atoms with Crippen molar-refractivity contribution in [3.63, 3.8) is 0 Å². The molecule has 0 bridgehead atoms. The third-order valence-corrected chi connectivity index (χ3v) is 1.56. The second kappa shape index (κ2) is 5.53. The first-order valence-electron chi connectivity index (χ1n) is 3.92. The van der Waals surface area contributed by atoms with E-state index in [2.05, 4.69) is 9.89 Å². The van der Waals surface area contributed by atoms with Crippen molar-refractivity contribution in [3.8, 4) is 0 Å². The van der Waals surface area contributed by atoms with Crippen molar-refractivity contribution < 1.29 is 14.1 Å². The van der Waals surface area contributed by atoms with Gasteiger partial charge in [-0.3, -0.25) is 0 Å². The zero-order valence-corrected chi connectivity index (χ0v) is 9.40. The molecule has 0 aromatic carbocycles. The molecule has 0 amide bonds. The van der Waals surface area contributed by atoms with E-state index < -0.39 is 14.3 Å². The van der Waals surface area contributed by atoms with Crippen LogP contribution in [0.15, 0.2) is 17.3 Å². The number of carbonyl (C=O) groups is 1. The van der Waals surface area contributed by atoms with Crippen molar-refractivity contribution >= 4 is 20.5 Å². The topological polar surface area (TPSA) is 47.9 Å². The first kappa shape index (κ1) is 11.9. The van der Waals surface area contributed by atoms with Gasteiger partial charge in [0.05, 0.1) is 13.3 Å². The monoisotopic (exact) mass is 201 g/mol. The summed E-state index contributed by atoms with van der Waals surface area (Å²) in [5, 5.41) is 3.69. The lowest BCUT2D eigenvalue weighted by molar-refractivity contribution is -0.134.